The summed E-state index contributed by atoms with van der Waals surface area (Å²) in [4.78, 5) is 4.33. The van der Waals surface area contributed by atoms with Gasteiger partial charge in [0.25, 0.3) is 0 Å². The van der Waals surface area contributed by atoms with Crippen molar-refractivity contribution in [1.82, 2.24) is 14.9 Å². The van der Waals surface area contributed by atoms with Gasteiger partial charge in [-0.25, -0.2) is 0 Å². The topological polar surface area (TPSA) is 29.9 Å². The lowest BCUT2D eigenvalue weighted by molar-refractivity contribution is 0.424. The Hall–Kier alpha value is -1.61. The highest BCUT2D eigenvalue weighted by molar-refractivity contribution is 5.13. The standard InChI is InChI=1S/C15H21N3/c1-15(2,3)17-10-13-7-9-18(11-13)12-14-6-4-5-8-16-14/h4-9,11,17H,10,12H2,1-3H3. The van der Waals surface area contributed by atoms with Crippen molar-refractivity contribution in [3.63, 3.8) is 0 Å². The number of aromatic nitrogens is 2. The molecule has 18 heavy (non-hydrogen) atoms. The molecule has 3 heteroatoms. The van der Waals surface area contributed by atoms with Gasteiger partial charge in [0.15, 0.2) is 0 Å². The monoisotopic (exact) mass is 243 g/mol. The van der Waals surface area contributed by atoms with Crippen LogP contribution in [0.5, 0.6) is 0 Å². The van der Waals surface area contributed by atoms with Gasteiger partial charge >= 0.3 is 0 Å². The molecule has 2 rings (SSSR count). The van der Waals surface area contributed by atoms with Crippen LogP contribution in [0.25, 0.3) is 0 Å². The van der Waals surface area contributed by atoms with Crippen LogP contribution < -0.4 is 5.32 Å². The van der Waals surface area contributed by atoms with E-state index in [0.717, 1.165) is 18.8 Å². The van der Waals surface area contributed by atoms with Gasteiger partial charge in [0.2, 0.25) is 0 Å². The van der Waals surface area contributed by atoms with E-state index in [1.807, 2.05) is 24.4 Å². The van der Waals surface area contributed by atoms with E-state index < -0.39 is 0 Å². The SMILES string of the molecule is CC(C)(C)NCc1ccn(Cc2ccccn2)c1. The van der Waals surface area contributed by atoms with E-state index in [2.05, 4.69) is 54.1 Å². The number of rotatable bonds is 4. The van der Waals surface area contributed by atoms with Gasteiger partial charge in [0, 0.05) is 30.7 Å². The van der Waals surface area contributed by atoms with Crippen LogP contribution in [0.4, 0.5) is 0 Å². The third kappa shape index (κ3) is 4.00. The molecule has 2 heterocycles. The van der Waals surface area contributed by atoms with Crippen molar-refractivity contribution in [2.75, 3.05) is 0 Å². The molecule has 1 N–H and O–H groups in total. The first-order valence-electron chi connectivity index (χ1n) is 6.32. The van der Waals surface area contributed by atoms with E-state index in [9.17, 15) is 0 Å². The van der Waals surface area contributed by atoms with Gasteiger partial charge < -0.3 is 9.88 Å². The molecule has 0 amide bonds. The molecule has 0 aliphatic heterocycles. The highest BCUT2D eigenvalue weighted by atomic mass is 15.0. The Morgan fingerprint density at radius 2 is 2.06 bits per heavy atom. The fourth-order valence-corrected chi connectivity index (χ4v) is 1.74. The predicted molar refractivity (Wildman–Crippen MR) is 74.4 cm³/mol. The summed E-state index contributed by atoms with van der Waals surface area (Å²) >= 11 is 0. The fourth-order valence-electron chi connectivity index (χ4n) is 1.74. The Labute approximate surface area is 109 Å². The quantitative estimate of drug-likeness (QED) is 0.895. The molecule has 2 aromatic rings. The molecule has 0 bridgehead atoms. The number of hydrogen-bond acceptors (Lipinski definition) is 2. The van der Waals surface area contributed by atoms with Gasteiger partial charge in [-0.1, -0.05) is 6.07 Å². The second-order valence-electron chi connectivity index (χ2n) is 5.62. The molecule has 0 spiro atoms. The average molecular weight is 243 g/mol. The van der Waals surface area contributed by atoms with Crippen LogP contribution in [0.15, 0.2) is 42.9 Å². The normalized spacial score (nSPS) is 11.7. The lowest BCUT2D eigenvalue weighted by Gasteiger charge is -2.19. The molecule has 0 saturated carbocycles. The van der Waals surface area contributed by atoms with Crippen molar-refractivity contribution in [1.29, 1.82) is 0 Å². The Bertz CT molecular complexity index is 480. The third-order valence-corrected chi connectivity index (χ3v) is 2.71. The van der Waals surface area contributed by atoms with Crippen LogP contribution in [0.2, 0.25) is 0 Å². The second kappa shape index (κ2) is 5.36. The molecule has 0 aromatic carbocycles. The van der Waals surface area contributed by atoms with Crippen LogP contribution in [0.1, 0.15) is 32.0 Å². The van der Waals surface area contributed by atoms with E-state index in [-0.39, 0.29) is 5.54 Å². The lowest BCUT2D eigenvalue weighted by Crippen LogP contribution is -2.34. The molecule has 0 aliphatic carbocycles. The summed E-state index contributed by atoms with van der Waals surface area (Å²) in [5, 5.41) is 3.49. The van der Waals surface area contributed by atoms with Crippen molar-refractivity contribution in [3.05, 3.63) is 54.1 Å². The summed E-state index contributed by atoms with van der Waals surface area (Å²) in [7, 11) is 0. The van der Waals surface area contributed by atoms with E-state index in [1.54, 1.807) is 0 Å². The van der Waals surface area contributed by atoms with Gasteiger partial charge in [-0.05, 0) is 44.5 Å². The van der Waals surface area contributed by atoms with Crippen LogP contribution in [-0.4, -0.2) is 15.1 Å². The third-order valence-electron chi connectivity index (χ3n) is 2.71. The predicted octanol–water partition coefficient (Wildman–Crippen LogP) is 2.82. The van der Waals surface area contributed by atoms with E-state index >= 15 is 0 Å². The summed E-state index contributed by atoms with van der Waals surface area (Å²) in [6, 6.07) is 8.17. The summed E-state index contributed by atoms with van der Waals surface area (Å²) in [6.07, 6.45) is 6.11. The van der Waals surface area contributed by atoms with Gasteiger partial charge in [-0.2, -0.15) is 0 Å². The Kier molecular flexibility index (Phi) is 3.82. The maximum absolute atomic E-state index is 4.33. The zero-order valence-electron chi connectivity index (χ0n) is 11.4. The minimum absolute atomic E-state index is 0.156. The highest BCUT2D eigenvalue weighted by Gasteiger charge is 2.08. The largest absolute Gasteiger partial charge is 0.348 e. The maximum atomic E-state index is 4.33. The second-order valence-corrected chi connectivity index (χ2v) is 5.62. The van der Waals surface area contributed by atoms with Gasteiger partial charge in [-0.3, -0.25) is 4.98 Å². The van der Waals surface area contributed by atoms with Crippen LogP contribution in [0.3, 0.4) is 0 Å². The summed E-state index contributed by atoms with van der Waals surface area (Å²) < 4.78 is 2.17. The molecule has 0 saturated heterocycles. The zero-order valence-corrected chi connectivity index (χ0v) is 11.4. The first-order chi connectivity index (χ1) is 8.53. The van der Waals surface area contributed by atoms with Crippen molar-refractivity contribution in [2.24, 2.45) is 0 Å². The van der Waals surface area contributed by atoms with E-state index in [0.29, 0.717) is 0 Å². The summed E-state index contributed by atoms with van der Waals surface area (Å²) in [6.45, 7) is 8.27. The smallest absolute Gasteiger partial charge is 0.0642 e. The minimum atomic E-state index is 0.156. The number of nitrogens with zero attached hydrogens (tertiary/aromatic N) is 2. The van der Waals surface area contributed by atoms with Crippen LogP contribution >= 0.6 is 0 Å². The average Bonchev–Trinajstić information content (AvgIpc) is 2.75. The molecule has 0 fully saturated rings. The molecule has 2 aromatic heterocycles. The molecule has 0 aliphatic rings. The van der Waals surface area contributed by atoms with Crippen molar-refractivity contribution in [2.45, 2.75) is 39.4 Å². The van der Waals surface area contributed by atoms with Crippen molar-refractivity contribution in [3.8, 4) is 0 Å². The zero-order chi connectivity index (χ0) is 13.0. The summed E-state index contributed by atoms with van der Waals surface area (Å²) in [5.74, 6) is 0. The Morgan fingerprint density at radius 1 is 1.22 bits per heavy atom. The van der Waals surface area contributed by atoms with E-state index in [4.69, 9.17) is 0 Å². The first kappa shape index (κ1) is 12.8. The molecular formula is C15H21N3. The fraction of sp³-hybridized carbons (Fsp3) is 0.400. The van der Waals surface area contributed by atoms with Gasteiger partial charge in [-0.15, -0.1) is 0 Å². The van der Waals surface area contributed by atoms with Gasteiger partial charge in [0.05, 0.1) is 12.2 Å². The first-order valence-corrected chi connectivity index (χ1v) is 6.32. The molecule has 0 atom stereocenters. The number of pyridine rings is 1. The van der Waals surface area contributed by atoms with Crippen LogP contribution in [0, 0.1) is 0 Å². The Morgan fingerprint density at radius 3 is 2.72 bits per heavy atom. The number of nitrogens with one attached hydrogen (secondary N) is 1. The molecular weight excluding hydrogens is 222 g/mol. The minimum Gasteiger partial charge on any atom is -0.348 e. The van der Waals surface area contributed by atoms with Crippen LogP contribution in [-0.2, 0) is 13.1 Å². The lowest BCUT2D eigenvalue weighted by atomic mass is 10.1. The van der Waals surface area contributed by atoms with Gasteiger partial charge in [0.1, 0.15) is 0 Å². The van der Waals surface area contributed by atoms with Crippen molar-refractivity contribution < 1.29 is 0 Å². The number of hydrogen-bond donors (Lipinski definition) is 1. The molecule has 96 valence electrons. The highest BCUT2D eigenvalue weighted by Crippen LogP contribution is 2.07. The Balaban J connectivity index is 1.94. The molecule has 0 unspecified atom stereocenters. The van der Waals surface area contributed by atoms with E-state index in [1.165, 1.54) is 5.56 Å². The summed E-state index contributed by atoms with van der Waals surface area (Å²) in [5.41, 5.74) is 2.55. The maximum Gasteiger partial charge on any atom is 0.0642 e. The molecule has 3 nitrogen and oxygen atoms in total. The molecule has 0 radical (unpaired) electrons. The van der Waals surface area contributed by atoms with Crippen molar-refractivity contribution >= 4 is 0 Å².